The maximum atomic E-state index is 9.72. The van der Waals surface area contributed by atoms with Crippen molar-refractivity contribution in [3.05, 3.63) is 47.1 Å². The van der Waals surface area contributed by atoms with Crippen LogP contribution in [0, 0.1) is 0 Å². The number of phenols is 1. The molecule has 0 aliphatic carbocycles. The molecule has 2 aromatic rings. The van der Waals surface area contributed by atoms with Crippen molar-refractivity contribution in [2.75, 3.05) is 12.4 Å². The minimum absolute atomic E-state index is 0.220. The first-order chi connectivity index (χ1) is 8.69. The van der Waals surface area contributed by atoms with Crippen LogP contribution in [0.1, 0.15) is 5.56 Å². The quantitative estimate of drug-likeness (QED) is 0.891. The lowest BCUT2D eigenvalue weighted by molar-refractivity contribution is 0.411. The first-order valence-electron chi connectivity index (χ1n) is 5.40. The summed E-state index contributed by atoms with van der Waals surface area (Å²) in [5.41, 5.74) is 0.742. The van der Waals surface area contributed by atoms with Crippen molar-refractivity contribution in [1.29, 1.82) is 0 Å². The molecule has 1 aromatic heterocycles. The number of methoxy groups -OCH3 is 1. The van der Waals surface area contributed by atoms with Gasteiger partial charge in [-0.15, -0.1) is 0 Å². The normalized spacial score (nSPS) is 10.1. The molecule has 0 fully saturated rings. The lowest BCUT2D eigenvalue weighted by atomic mass is 10.2. The molecular weight excluding hydrogens is 252 g/mol. The third-order valence-electron chi connectivity index (χ3n) is 2.47. The number of hydrogen-bond acceptors (Lipinski definition) is 4. The van der Waals surface area contributed by atoms with Gasteiger partial charge in [0.05, 0.1) is 12.1 Å². The summed E-state index contributed by atoms with van der Waals surface area (Å²) >= 11 is 5.75. The van der Waals surface area contributed by atoms with Crippen LogP contribution < -0.4 is 10.1 Å². The fourth-order valence-electron chi connectivity index (χ4n) is 1.50. The monoisotopic (exact) mass is 264 g/mol. The number of nitrogens with one attached hydrogen (secondary N) is 1. The minimum Gasteiger partial charge on any atom is -0.508 e. The Hall–Kier alpha value is -1.94. The Balaban J connectivity index is 2.07. The number of rotatable bonds is 4. The Morgan fingerprint density at radius 1 is 1.33 bits per heavy atom. The smallest absolute Gasteiger partial charge is 0.126 e. The highest BCUT2D eigenvalue weighted by molar-refractivity contribution is 6.30. The summed E-state index contributed by atoms with van der Waals surface area (Å²) in [6.07, 6.45) is 1.56. The molecule has 0 saturated heterocycles. The van der Waals surface area contributed by atoms with E-state index in [9.17, 15) is 5.11 Å². The Morgan fingerprint density at radius 3 is 2.83 bits per heavy atom. The maximum absolute atomic E-state index is 9.72. The summed E-state index contributed by atoms with van der Waals surface area (Å²) in [6, 6.07) is 8.62. The molecule has 2 rings (SSSR count). The Labute approximate surface area is 110 Å². The highest BCUT2D eigenvalue weighted by atomic mass is 35.5. The van der Waals surface area contributed by atoms with Crippen molar-refractivity contribution < 1.29 is 9.84 Å². The highest BCUT2D eigenvalue weighted by Gasteiger charge is 2.03. The molecule has 0 saturated carbocycles. The van der Waals surface area contributed by atoms with Gasteiger partial charge in [-0.05, 0) is 30.3 Å². The van der Waals surface area contributed by atoms with Crippen molar-refractivity contribution >= 4 is 17.4 Å². The molecular formula is C13H13ClN2O2. The van der Waals surface area contributed by atoms with Gasteiger partial charge in [0.1, 0.15) is 17.3 Å². The van der Waals surface area contributed by atoms with E-state index < -0.39 is 0 Å². The Kier molecular flexibility index (Phi) is 3.89. The van der Waals surface area contributed by atoms with Crippen LogP contribution in [0.3, 0.4) is 0 Å². The number of aromatic hydroxyl groups is 1. The van der Waals surface area contributed by atoms with Gasteiger partial charge in [-0.25, -0.2) is 4.98 Å². The molecule has 0 aliphatic heterocycles. The van der Waals surface area contributed by atoms with Gasteiger partial charge in [0, 0.05) is 18.3 Å². The summed E-state index contributed by atoms with van der Waals surface area (Å²) < 4.78 is 5.11. The van der Waals surface area contributed by atoms with Crippen LogP contribution in [-0.4, -0.2) is 17.2 Å². The number of anilines is 1. The second-order valence-corrected chi connectivity index (χ2v) is 4.15. The molecule has 4 nitrogen and oxygen atoms in total. The predicted octanol–water partition coefficient (Wildman–Crippen LogP) is 3.06. The molecule has 0 spiro atoms. The van der Waals surface area contributed by atoms with Crippen LogP contribution in [0.25, 0.3) is 0 Å². The number of ether oxygens (including phenoxy) is 1. The molecule has 94 valence electrons. The lowest BCUT2D eigenvalue weighted by Gasteiger charge is -2.09. The first-order valence-corrected chi connectivity index (χ1v) is 5.78. The SMILES string of the molecule is COc1ccc(O)c(CNc2ccc(Cl)cn2)c1. The van der Waals surface area contributed by atoms with Crippen molar-refractivity contribution in [2.24, 2.45) is 0 Å². The van der Waals surface area contributed by atoms with Crippen LogP contribution in [0.5, 0.6) is 11.5 Å². The standard InChI is InChI=1S/C13H13ClN2O2/c1-18-11-3-4-12(17)9(6-11)7-15-13-5-2-10(14)8-16-13/h2-6,8,17H,7H2,1H3,(H,15,16). The highest BCUT2D eigenvalue weighted by Crippen LogP contribution is 2.23. The number of phenolic OH excluding ortho intramolecular Hbond substituents is 1. The van der Waals surface area contributed by atoms with Gasteiger partial charge in [0.25, 0.3) is 0 Å². The summed E-state index contributed by atoms with van der Waals surface area (Å²) in [4.78, 5) is 4.11. The number of pyridine rings is 1. The minimum atomic E-state index is 0.220. The molecule has 0 aliphatic rings. The molecule has 0 radical (unpaired) electrons. The molecule has 1 aromatic carbocycles. The summed E-state index contributed by atoms with van der Waals surface area (Å²) in [7, 11) is 1.59. The van der Waals surface area contributed by atoms with Crippen LogP contribution in [-0.2, 0) is 6.54 Å². The molecule has 2 N–H and O–H groups in total. The number of hydrogen-bond donors (Lipinski definition) is 2. The molecule has 0 amide bonds. The zero-order chi connectivity index (χ0) is 13.0. The lowest BCUT2D eigenvalue weighted by Crippen LogP contribution is -2.01. The third-order valence-corrected chi connectivity index (χ3v) is 2.70. The van der Waals surface area contributed by atoms with Crippen LogP contribution in [0.2, 0.25) is 5.02 Å². The molecule has 0 bridgehead atoms. The Morgan fingerprint density at radius 2 is 2.17 bits per heavy atom. The number of nitrogens with zero attached hydrogens (tertiary/aromatic N) is 1. The second kappa shape index (κ2) is 5.60. The molecule has 1 heterocycles. The predicted molar refractivity (Wildman–Crippen MR) is 71.2 cm³/mol. The van der Waals surface area contributed by atoms with Gasteiger partial charge in [0.15, 0.2) is 0 Å². The van der Waals surface area contributed by atoms with Crippen LogP contribution in [0.4, 0.5) is 5.82 Å². The topological polar surface area (TPSA) is 54.4 Å². The second-order valence-electron chi connectivity index (χ2n) is 3.71. The fraction of sp³-hybridized carbons (Fsp3) is 0.154. The zero-order valence-corrected chi connectivity index (χ0v) is 10.6. The fourth-order valence-corrected chi connectivity index (χ4v) is 1.61. The van der Waals surface area contributed by atoms with Crippen molar-refractivity contribution in [2.45, 2.75) is 6.54 Å². The van der Waals surface area contributed by atoms with E-state index in [0.717, 1.165) is 5.56 Å². The molecule has 0 unspecified atom stereocenters. The Bertz CT molecular complexity index is 529. The van der Waals surface area contributed by atoms with E-state index in [1.165, 1.54) is 0 Å². The average molecular weight is 265 g/mol. The van der Waals surface area contributed by atoms with Gasteiger partial charge in [0.2, 0.25) is 0 Å². The van der Waals surface area contributed by atoms with Crippen molar-refractivity contribution in [1.82, 2.24) is 4.98 Å². The summed E-state index contributed by atoms with van der Waals surface area (Å²) in [6.45, 7) is 0.456. The molecule has 18 heavy (non-hydrogen) atoms. The van der Waals surface area contributed by atoms with E-state index >= 15 is 0 Å². The van der Waals surface area contributed by atoms with Crippen LogP contribution in [0.15, 0.2) is 36.5 Å². The van der Waals surface area contributed by atoms with E-state index in [-0.39, 0.29) is 5.75 Å². The van der Waals surface area contributed by atoms with E-state index in [2.05, 4.69) is 10.3 Å². The summed E-state index contributed by atoms with van der Waals surface area (Å²) in [5, 5.41) is 13.4. The van der Waals surface area contributed by atoms with Gasteiger partial charge in [-0.3, -0.25) is 0 Å². The van der Waals surface area contributed by atoms with Gasteiger partial charge >= 0.3 is 0 Å². The summed E-state index contributed by atoms with van der Waals surface area (Å²) in [5.74, 6) is 1.62. The van der Waals surface area contributed by atoms with E-state index in [1.807, 2.05) is 0 Å². The number of aromatic nitrogens is 1. The van der Waals surface area contributed by atoms with Crippen molar-refractivity contribution in [3.8, 4) is 11.5 Å². The number of benzene rings is 1. The van der Waals surface area contributed by atoms with Gasteiger partial charge in [-0.1, -0.05) is 11.6 Å². The number of halogens is 1. The third kappa shape index (κ3) is 3.05. The zero-order valence-electron chi connectivity index (χ0n) is 9.85. The van der Waals surface area contributed by atoms with E-state index in [1.54, 1.807) is 43.6 Å². The average Bonchev–Trinajstić information content (AvgIpc) is 2.40. The van der Waals surface area contributed by atoms with Gasteiger partial charge < -0.3 is 15.2 Å². The molecule has 5 heteroatoms. The largest absolute Gasteiger partial charge is 0.508 e. The van der Waals surface area contributed by atoms with Crippen LogP contribution >= 0.6 is 11.6 Å². The maximum Gasteiger partial charge on any atom is 0.126 e. The van der Waals surface area contributed by atoms with Gasteiger partial charge in [-0.2, -0.15) is 0 Å². The van der Waals surface area contributed by atoms with E-state index in [0.29, 0.717) is 23.1 Å². The molecule has 0 atom stereocenters. The first kappa shape index (κ1) is 12.5. The van der Waals surface area contributed by atoms with E-state index in [4.69, 9.17) is 16.3 Å². The van der Waals surface area contributed by atoms with Crippen molar-refractivity contribution in [3.63, 3.8) is 0 Å².